The molecule has 0 heterocycles. The van der Waals surface area contributed by atoms with E-state index in [1.165, 1.54) is 12.5 Å². The summed E-state index contributed by atoms with van der Waals surface area (Å²) in [5.74, 6) is -1.05. The highest BCUT2D eigenvalue weighted by atomic mass is 16.4. The SMILES string of the molecule is CCCc1ccc(NC(=O)NC(C)(CC)C(=O)O)cc1. The highest BCUT2D eigenvalue weighted by Crippen LogP contribution is 2.13. The summed E-state index contributed by atoms with van der Waals surface area (Å²) in [6, 6.07) is 7.02. The van der Waals surface area contributed by atoms with Crippen LogP contribution in [0, 0.1) is 0 Å². The molecule has 0 aliphatic heterocycles. The number of amides is 2. The van der Waals surface area contributed by atoms with Gasteiger partial charge in [-0.05, 0) is 37.5 Å². The Bertz CT molecular complexity index is 471. The van der Waals surface area contributed by atoms with Crippen LogP contribution < -0.4 is 10.6 Å². The Balaban J connectivity index is 2.64. The molecule has 0 aromatic heterocycles. The lowest BCUT2D eigenvalue weighted by molar-refractivity contribution is -0.143. The molecule has 5 heteroatoms. The van der Waals surface area contributed by atoms with Crippen molar-refractivity contribution in [1.82, 2.24) is 5.32 Å². The van der Waals surface area contributed by atoms with Gasteiger partial charge < -0.3 is 15.7 Å². The Morgan fingerprint density at radius 3 is 2.25 bits per heavy atom. The Morgan fingerprint density at radius 2 is 1.80 bits per heavy atom. The molecule has 0 fully saturated rings. The van der Waals surface area contributed by atoms with Crippen LogP contribution in [0.2, 0.25) is 0 Å². The topological polar surface area (TPSA) is 78.4 Å². The molecule has 2 amide bonds. The van der Waals surface area contributed by atoms with Crippen LogP contribution in [0.3, 0.4) is 0 Å². The highest BCUT2D eigenvalue weighted by Gasteiger charge is 2.32. The van der Waals surface area contributed by atoms with E-state index in [4.69, 9.17) is 5.11 Å². The van der Waals surface area contributed by atoms with Crippen LogP contribution in [-0.4, -0.2) is 22.6 Å². The van der Waals surface area contributed by atoms with Gasteiger partial charge in [0.15, 0.2) is 0 Å². The molecule has 0 aliphatic carbocycles. The second-order valence-electron chi connectivity index (χ2n) is 5.02. The Labute approximate surface area is 119 Å². The molecule has 0 bridgehead atoms. The van der Waals surface area contributed by atoms with Gasteiger partial charge in [-0.2, -0.15) is 0 Å². The lowest BCUT2D eigenvalue weighted by Gasteiger charge is -2.24. The van der Waals surface area contributed by atoms with Gasteiger partial charge in [-0.3, -0.25) is 0 Å². The quantitative estimate of drug-likeness (QED) is 0.748. The minimum Gasteiger partial charge on any atom is -0.480 e. The van der Waals surface area contributed by atoms with Crippen LogP contribution in [0.15, 0.2) is 24.3 Å². The van der Waals surface area contributed by atoms with Crippen LogP contribution in [0.4, 0.5) is 10.5 Å². The smallest absolute Gasteiger partial charge is 0.329 e. The number of benzene rings is 1. The van der Waals surface area contributed by atoms with E-state index in [2.05, 4.69) is 17.6 Å². The lowest BCUT2D eigenvalue weighted by atomic mass is 10.00. The number of hydrogen-bond acceptors (Lipinski definition) is 2. The standard InChI is InChI=1S/C15H22N2O3/c1-4-6-11-7-9-12(10-8-11)16-14(20)17-15(3,5-2)13(18)19/h7-10H,4-6H2,1-3H3,(H,18,19)(H2,16,17,20). The summed E-state index contributed by atoms with van der Waals surface area (Å²) in [6.07, 6.45) is 2.38. The number of aliphatic carboxylic acids is 1. The molecular formula is C15H22N2O3. The molecule has 0 saturated heterocycles. The summed E-state index contributed by atoms with van der Waals surface area (Å²) in [7, 11) is 0. The van der Waals surface area contributed by atoms with Crippen molar-refractivity contribution in [3.63, 3.8) is 0 Å². The van der Waals surface area contributed by atoms with Crippen LogP contribution in [0.1, 0.15) is 39.2 Å². The van der Waals surface area contributed by atoms with E-state index in [1.54, 1.807) is 6.92 Å². The molecule has 0 aliphatic rings. The minimum absolute atomic E-state index is 0.311. The molecule has 0 saturated carbocycles. The monoisotopic (exact) mass is 278 g/mol. The summed E-state index contributed by atoms with van der Waals surface area (Å²) in [6.45, 7) is 5.31. The van der Waals surface area contributed by atoms with Gasteiger partial charge in [0.25, 0.3) is 0 Å². The normalized spacial score (nSPS) is 13.3. The fourth-order valence-electron chi connectivity index (χ4n) is 1.75. The predicted molar refractivity (Wildman–Crippen MR) is 78.9 cm³/mol. The lowest BCUT2D eigenvalue weighted by Crippen LogP contribution is -2.53. The first-order valence-electron chi connectivity index (χ1n) is 6.82. The summed E-state index contributed by atoms with van der Waals surface area (Å²) in [4.78, 5) is 22.9. The average Bonchev–Trinajstić information content (AvgIpc) is 2.40. The molecule has 0 spiro atoms. The van der Waals surface area contributed by atoms with Crippen LogP contribution in [-0.2, 0) is 11.2 Å². The van der Waals surface area contributed by atoms with Gasteiger partial charge in [0.2, 0.25) is 0 Å². The van der Waals surface area contributed by atoms with Gasteiger partial charge in [0.05, 0.1) is 0 Å². The van der Waals surface area contributed by atoms with Crippen molar-refractivity contribution >= 4 is 17.7 Å². The number of carbonyl (C=O) groups excluding carboxylic acids is 1. The third kappa shape index (κ3) is 4.26. The zero-order valence-electron chi connectivity index (χ0n) is 12.2. The van der Waals surface area contributed by atoms with Gasteiger partial charge in [-0.25, -0.2) is 9.59 Å². The van der Waals surface area contributed by atoms with Crippen molar-refractivity contribution in [2.24, 2.45) is 0 Å². The summed E-state index contributed by atoms with van der Waals surface area (Å²) in [5, 5.41) is 14.2. The van der Waals surface area contributed by atoms with Crippen molar-refractivity contribution < 1.29 is 14.7 Å². The molecular weight excluding hydrogens is 256 g/mol. The fraction of sp³-hybridized carbons (Fsp3) is 0.467. The summed E-state index contributed by atoms with van der Waals surface area (Å²) >= 11 is 0. The van der Waals surface area contributed by atoms with Crippen molar-refractivity contribution in [2.75, 3.05) is 5.32 Å². The van der Waals surface area contributed by atoms with Crippen LogP contribution in [0.25, 0.3) is 0 Å². The number of hydrogen-bond donors (Lipinski definition) is 3. The second kappa shape index (κ2) is 6.93. The summed E-state index contributed by atoms with van der Waals surface area (Å²) in [5.41, 5.74) is 0.597. The van der Waals surface area contributed by atoms with Gasteiger partial charge >= 0.3 is 12.0 Å². The van der Waals surface area contributed by atoms with Gasteiger partial charge in [0.1, 0.15) is 5.54 Å². The Hall–Kier alpha value is -2.04. The zero-order chi connectivity index (χ0) is 15.2. The Morgan fingerprint density at radius 1 is 1.20 bits per heavy atom. The number of carbonyl (C=O) groups is 2. The number of urea groups is 1. The molecule has 3 N–H and O–H groups in total. The van der Waals surface area contributed by atoms with Crippen molar-refractivity contribution in [3.8, 4) is 0 Å². The first kappa shape index (κ1) is 16.0. The minimum atomic E-state index is -1.26. The van der Waals surface area contributed by atoms with E-state index in [1.807, 2.05) is 24.3 Å². The van der Waals surface area contributed by atoms with E-state index in [0.29, 0.717) is 12.1 Å². The molecule has 110 valence electrons. The largest absolute Gasteiger partial charge is 0.480 e. The van der Waals surface area contributed by atoms with E-state index in [0.717, 1.165) is 12.8 Å². The number of carboxylic acid groups (broad SMARTS) is 1. The third-order valence-electron chi connectivity index (χ3n) is 3.32. The van der Waals surface area contributed by atoms with E-state index >= 15 is 0 Å². The molecule has 1 aromatic carbocycles. The van der Waals surface area contributed by atoms with E-state index < -0.39 is 17.5 Å². The van der Waals surface area contributed by atoms with E-state index in [9.17, 15) is 9.59 Å². The maximum absolute atomic E-state index is 11.8. The van der Waals surface area contributed by atoms with Gasteiger partial charge in [-0.15, -0.1) is 0 Å². The number of aryl methyl sites for hydroxylation is 1. The molecule has 1 aromatic rings. The molecule has 1 rings (SSSR count). The maximum atomic E-state index is 11.8. The Kier molecular flexibility index (Phi) is 5.55. The van der Waals surface area contributed by atoms with Crippen molar-refractivity contribution in [3.05, 3.63) is 29.8 Å². The van der Waals surface area contributed by atoms with Gasteiger partial charge in [0, 0.05) is 5.69 Å². The molecule has 1 unspecified atom stereocenters. The number of rotatable bonds is 6. The summed E-state index contributed by atoms with van der Waals surface area (Å²) < 4.78 is 0. The molecule has 1 atom stereocenters. The first-order chi connectivity index (χ1) is 9.41. The number of anilines is 1. The van der Waals surface area contributed by atoms with E-state index in [-0.39, 0.29) is 0 Å². The zero-order valence-corrected chi connectivity index (χ0v) is 12.2. The highest BCUT2D eigenvalue weighted by molar-refractivity contribution is 5.93. The number of nitrogens with one attached hydrogen (secondary N) is 2. The third-order valence-corrected chi connectivity index (χ3v) is 3.32. The molecule has 0 radical (unpaired) electrons. The van der Waals surface area contributed by atoms with Gasteiger partial charge in [-0.1, -0.05) is 32.4 Å². The maximum Gasteiger partial charge on any atom is 0.329 e. The first-order valence-corrected chi connectivity index (χ1v) is 6.82. The predicted octanol–water partition coefficient (Wildman–Crippen LogP) is 3.01. The van der Waals surface area contributed by atoms with Crippen molar-refractivity contribution in [2.45, 2.75) is 45.6 Å². The fourth-order valence-corrected chi connectivity index (χ4v) is 1.75. The van der Waals surface area contributed by atoms with Crippen molar-refractivity contribution in [1.29, 1.82) is 0 Å². The second-order valence-corrected chi connectivity index (χ2v) is 5.02. The molecule has 5 nitrogen and oxygen atoms in total. The molecule has 20 heavy (non-hydrogen) atoms. The van der Waals surface area contributed by atoms with Crippen LogP contribution in [0.5, 0.6) is 0 Å². The average molecular weight is 278 g/mol. The number of carboxylic acids is 1. The van der Waals surface area contributed by atoms with Crippen LogP contribution >= 0.6 is 0 Å².